The van der Waals surface area contributed by atoms with Crippen LogP contribution in [0.5, 0.6) is 0 Å². The molecule has 0 aliphatic heterocycles. The van der Waals surface area contributed by atoms with Crippen molar-refractivity contribution in [3.8, 4) is 6.07 Å². The lowest BCUT2D eigenvalue weighted by Gasteiger charge is -2.37. The van der Waals surface area contributed by atoms with Crippen LogP contribution in [-0.2, 0) is 17.5 Å². The highest BCUT2D eigenvalue weighted by molar-refractivity contribution is 5.98. The van der Waals surface area contributed by atoms with Crippen LogP contribution in [0.2, 0.25) is 0 Å². The van der Waals surface area contributed by atoms with E-state index in [-0.39, 0.29) is 11.6 Å². The maximum atomic E-state index is 13.5. The van der Waals surface area contributed by atoms with Gasteiger partial charge in [0.2, 0.25) is 5.91 Å². The second kappa shape index (κ2) is 10.8. The molecule has 0 bridgehead atoms. The van der Waals surface area contributed by atoms with Crippen LogP contribution >= 0.6 is 0 Å². The summed E-state index contributed by atoms with van der Waals surface area (Å²) in [5.41, 5.74) is 0.384. The van der Waals surface area contributed by atoms with Gasteiger partial charge in [0.1, 0.15) is 0 Å². The monoisotopic (exact) mass is 492 g/mol. The molecule has 3 N–H and O–H groups in total. The van der Waals surface area contributed by atoms with E-state index < -0.39 is 22.8 Å². The van der Waals surface area contributed by atoms with Crippen LogP contribution in [0.1, 0.15) is 48.8 Å². The van der Waals surface area contributed by atoms with Gasteiger partial charge in [-0.3, -0.25) is 10.1 Å². The van der Waals surface area contributed by atoms with Crippen molar-refractivity contribution in [2.24, 2.45) is 0 Å². The lowest BCUT2D eigenvalue weighted by atomic mass is 9.80. The first-order valence-electron chi connectivity index (χ1n) is 11.9. The molecule has 1 aliphatic rings. The zero-order valence-electron chi connectivity index (χ0n) is 19.7. The first kappa shape index (κ1) is 25.3. The number of amides is 1. The molecule has 1 fully saturated rings. The summed E-state index contributed by atoms with van der Waals surface area (Å²) in [5, 5.41) is 18.6. The molecular weight excluding hydrogens is 465 g/mol. The number of benzene rings is 3. The Morgan fingerprint density at radius 1 is 0.917 bits per heavy atom. The van der Waals surface area contributed by atoms with Gasteiger partial charge in [-0.05, 0) is 54.8 Å². The molecule has 5 nitrogen and oxygen atoms in total. The molecule has 1 saturated carbocycles. The zero-order chi connectivity index (χ0) is 25.6. The van der Waals surface area contributed by atoms with Crippen molar-refractivity contribution in [3.05, 3.63) is 89.5 Å². The van der Waals surface area contributed by atoms with Crippen molar-refractivity contribution in [2.45, 2.75) is 50.4 Å². The molecule has 186 valence electrons. The fourth-order valence-corrected chi connectivity index (χ4v) is 4.58. The van der Waals surface area contributed by atoms with Crippen molar-refractivity contribution in [2.75, 3.05) is 10.6 Å². The number of hydrogen-bond donors (Lipinski definition) is 3. The second-order valence-corrected chi connectivity index (χ2v) is 8.97. The number of alkyl halides is 3. The molecule has 0 saturated heterocycles. The molecule has 0 radical (unpaired) electrons. The minimum absolute atomic E-state index is 0.0178. The van der Waals surface area contributed by atoms with Crippen LogP contribution in [0.15, 0.2) is 72.8 Å². The predicted octanol–water partition coefficient (Wildman–Crippen LogP) is 6.75. The van der Waals surface area contributed by atoms with E-state index in [1.54, 1.807) is 6.07 Å². The van der Waals surface area contributed by atoms with E-state index in [1.165, 1.54) is 6.07 Å². The van der Waals surface area contributed by atoms with Crippen molar-refractivity contribution in [3.63, 3.8) is 0 Å². The average Bonchev–Trinajstić information content (AvgIpc) is 2.89. The van der Waals surface area contributed by atoms with Gasteiger partial charge in [0.15, 0.2) is 0 Å². The Morgan fingerprint density at radius 2 is 1.61 bits per heavy atom. The van der Waals surface area contributed by atoms with Gasteiger partial charge in [-0.2, -0.15) is 18.4 Å². The van der Waals surface area contributed by atoms with E-state index >= 15 is 0 Å². The Hall–Kier alpha value is -3.83. The number of nitriles is 1. The zero-order valence-corrected chi connectivity index (χ0v) is 19.7. The summed E-state index contributed by atoms with van der Waals surface area (Å²) < 4.78 is 40.2. The van der Waals surface area contributed by atoms with E-state index in [4.69, 9.17) is 5.26 Å². The van der Waals surface area contributed by atoms with Gasteiger partial charge >= 0.3 is 6.18 Å². The molecule has 4 rings (SSSR count). The van der Waals surface area contributed by atoms with Gasteiger partial charge in [-0.25, -0.2) is 0 Å². The summed E-state index contributed by atoms with van der Waals surface area (Å²) in [7, 11) is 0. The molecule has 0 aromatic heterocycles. The predicted molar refractivity (Wildman–Crippen MR) is 134 cm³/mol. The fraction of sp³-hybridized carbons (Fsp3) is 0.286. The number of para-hydroxylation sites is 2. The van der Waals surface area contributed by atoms with Gasteiger partial charge < -0.3 is 10.6 Å². The number of nitrogens with zero attached hydrogens (tertiary/aromatic N) is 1. The summed E-state index contributed by atoms with van der Waals surface area (Å²) in [6.45, 7) is 0.407. The largest absolute Gasteiger partial charge is 0.417 e. The molecule has 8 heteroatoms. The third-order valence-electron chi connectivity index (χ3n) is 6.53. The molecule has 1 amide bonds. The normalized spacial score (nSPS) is 15.1. The number of nitrogens with one attached hydrogen (secondary N) is 3. The van der Waals surface area contributed by atoms with Crippen molar-refractivity contribution >= 4 is 23.0 Å². The van der Waals surface area contributed by atoms with Gasteiger partial charge in [-0.1, -0.05) is 55.7 Å². The van der Waals surface area contributed by atoms with Crippen molar-refractivity contribution in [1.29, 1.82) is 5.26 Å². The highest BCUT2D eigenvalue weighted by Crippen LogP contribution is 2.35. The van der Waals surface area contributed by atoms with Crippen molar-refractivity contribution in [1.82, 2.24) is 5.32 Å². The van der Waals surface area contributed by atoms with E-state index in [2.05, 4.69) is 16.0 Å². The fourth-order valence-electron chi connectivity index (χ4n) is 4.58. The summed E-state index contributed by atoms with van der Waals surface area (Å²) in [6.07, 6.45) is -0.859. The summed E-state index contributed by atoms with van der Waals surface area (Å²) >= 11 is 0. The van der Waals surface area contributed by atoms with Crippen molar-refractivity contribution < 1.29 is 18.0 Å². The van der Waals surface area contributed by atoms with Crippen LogP contribution in [0, 0.1) is 11.3 Å². The van der Waals surface area contributed by atoms with Crippen LogP contribution < -0.4 is 16.0 Å². The Bertz CT molecular complexity index is 1250. The molecular formula is C28H27F3N4O. The lowest BCUT2D eigenvalue weighted by molar-refractivity contribution is -0.137. The Kier molecular flexibility index (Phi) is 7.61. The maximum Gasteiger partial charge on any atom is 0.417 e. The Balaban J connectivity index is 1.54. The Morgan fingerprint density at radius 3 is 2.31 bits per heavy atom. The van der Waals surface area contributed by atoms with Gasteiger partial charge in [-0.15, -0.1) is 0 Å². The highest BCUT2D eigenvalue weighted by Gasteiger charge is 2.40. The topological polar surface area (TPSA) is 77.0 Å². The number of carbonyl (C=O) groups excluding carboxylic acids is 1. The molecule has 36 heavy (non-hydrogen) atoms. The third-order valence-corrected chi connectivity index (χ3v) is 6.53. The first-order valence-corrected chi connectivity index (χ1v) is 11.9. The van der Waals surface area contributed by atoms with E-state index in [0.717, 1.165) is 48.3 Å². The van der Waals surface area contributed by atoms with Gasteiger partial charge in [0.25, 0.3) is 0 Å². The number of halogens is 3. The molecule has 0 atom stereocenters. The quantitative estimate of drug-likeness (QED) is 0.341. The molecule has 3 aromatic carbocycles. The lowest BCUT2D eigenvalue weighted by Crippen LogP contribution is -2.55. The maximum absolute atomic E-state index is 13.5. The number of rotatable bonds is 7. The minimum Gasteiger partial charge on any atom is -0.355 e. The van der Waals surface area contributed by atoms with Crippen LogP contribution in [-0.4, -0.2) is 11.4 Å². The molecule has 3 aromatic rings. The van der Waals surface area contributed by atoms with Crippen LogP contribution in [0.25, 0.3) is 0 Å². The average molecular weight is 493 g/mol. The molecule has 0 unspecified atom stereocenters. The summed E-state index contributed by atoms with van der Waals surface area (Å²) in [6, 6.07) is 22.4. The first-order chi connectivity index (χ1) is 17.3. The SMILES string of the molecule is N#Cc1ccc(NC(=O)C2(NCc3ccccc3Nc3ccccc3)CCCCC2)cc1C(F)(F)F. The summed E-state index contributed by atoms with van der Waals surface area (Å²) in [5.74, 6) is -0.367. The number of hydrogen-bond acceptors (Lipinski definition) is 4. The van der Waals surface area contributed by atoms with E-state index in [9.17, 15) is 18.0 Å². The van der Waals surface area contributed by atoms with E-state index in [0.29, 0.717) is 19.4 Å². The third kappa shape index (κ3) is 5.86. The second-order valence-electron chi connectivity index (χ2n) is 8.97. The smallest absolute Gasteiger partial charge is 0.355 e. The van der Waals surface area contributed by atoms with Gasteiger partial charge in [0.05, 0.1) is 22.7 Å². The van der Waals surface area contributed by atoms with E-state index in [1.807, 2.05) is 54.6 Å². The molecule has 0 spiro atoms. The van der Waals surface area contributed by atoms with Crippen LogP contribution in [0.4, 0.5) is 30.2 Å². The highest BCUT2D eigenvalue weighted by atomic mass is 19.4. The van der Waals surface area contributed by atoms with Gasteiger partial charge in [0, 0.05) is 23.6 Å². The number of anilines is 3. The van der Waals surface area contributed by atoms with Crippen LogP contribution in [0.3, 0.4) is 0 Å². The molecule has 0 heterocycles. The molecule has 1 aliphatic carbocycles. The Labute approximate surface area is 208 Å². The minimum atomic E-state index is -4.69. The standard InChI is InChI=1S/C28H27F3N4O/c29-28(30,31)24-17-23(14-13-20(24)18-32)35-26(36)27(15-7-2-8-16-27)33-19-21-9-5-6-12-25(21)34-22-10-3-1-4-11-22/h1,3-6,9-14,17,33-34H,2,7-8,15-16,19H2,(H,35,36). The number of carbonyl (C=O) groups is 1. The summed E-state index contributed by atoms with van der Waals surface area (Å²) in [4.78, 5) is 13.5.